The Bertz CT molecular complexity index is 828. The third-order valence-corrected chi connectivity index (χ3v) is 5.23. The average Bonchev–Trinajstić information content (AvgIpc) is 2.73. The highest BCUT2D eigenvalue weighted by molar-refractivity contribution is 6.30. The van der Waals surface area contributed by atoms with Gasteiger partial charge in [0.15, 0.2) is 0 Å². The van der Waals surface area contributed by atoms with E-state index in [9.17, 15) is 9.59 Å². The molecule has 5 heteroatoms. The molecule has 1 saturated heterocycles. The van der Waals surface area contributed by atoms with Gasteiger partial charge in [0.1, 0.15) is 0 Å². The molecule has 2 amide bonds. The van der Waals surface area contributed by atoms with Crippen LogP contribution in [0.5, 0.6) is 0 Å². The van der Waals surface area contributed by atoms with Gasteiger partial charge >= 0.3 is 0 Å². The minimum absolute atomic E-state index is 0.00340. The molecule has 1 aliphatic heterocycles. The first-order valence-corrected chi connectivity index (χ1v) is 10.0. The van der Waals surface area contributed by atoms with Gasteiger partial charge in [-0.2, -0.15) is 0 Å². The number of rotatable bonds is 6. The molecule has 0 aliphatic carbocycles. The summed E-state index contributed by atoms with van der Waals surface area (Å²) in [6.07, 6.45) is 5.60. The second kappa shape index (κ2) is 10.1. The van der Waals surface area contributed by atoms with E-state index in [2.05, 4.69) is 5.32 Å². The van der Waals surface area contributed by atoms with Gasteiger partial charge in [0, 0.05) is 36.7 Å². The summed E-state index contributed by atoms with van der Waals surface area (Å²) >= 11 is 5.98. The molecule has 4 nitrogen and oxygen atoms in total. The fraction of sp³-hybridized carbons (Fsp3) is 0.304. The molecule has 0 atom stereocenters. The molecular formula is C23H25ClN2O2. The summed E-state index contributed by atoms with van der Waals surface area (Å²) in [6.45, 7) is 1.83. The number of carbonyl (C=O) groups excluding carboxylic acids is 2. The van der Waals surface area contributed by atoms with Crippen molar-refractivity contribution in [2.75, 3.05) is 19.6 Å². The van der Waals surface area contributed by atoms with Gasteiger partial charge in [-0.25, -0.2) is 0 Å². The van der Waals surface area contributed by atoms with Crippen molar-refractivity contribution in [1.29, 1.82) is 0 Å². The Balaban J connectivity index is 1.40. The Labute approximate surface area is 171 Å². The van der Waals surface area contributed by atoms with E-state index in [0.29, 0.717) is 37.5 Å². The lowest BCUT2D eigenvalue weighted by molar-refractivity contribution is -0.132. The Morgan fingerprint density at radius 3 is 2.54 bits per heavy atom. The maximum Gasteiger partial charge on any atom is 0.246 e. The van der Waals surface area contributed by atoms with Crippen molar-refractivity contribution in [2.45, 2.75) is 19.3 Å². The van der Waals surface area contributed by atoms with Gasteiger partial charge in [-0.15, -0.1) is 0 Å². The van der Waals surface area contributed by atoms with E-state index < -0.39 is 0 Å². The SMILES string of the molecule is O=C(NCCc1cccc(Cl)c1)C1CCN(C(=O)/C=C/c2ccccc2)CC1. The Morgan fingerprint density at radius 1 is 1.07 bits per heavy atom. The van der Waals surface area contributed by atoms with Crippen molar-refractivity contribution >= 4 is 29.5 Å². The monoisotopic (exact) mass is 396 g/mol. The molecule has 0 aromatic heterocycles. The molecule has 0 radical (unpaired) electrons. The van der Waals surface area contributed by atoms with E-state index in [0.717, 1.165) is 17.5 Å². The van der Waals surface area contributed by atoms with E-state index in [4.69, 9.17) is 11.6 Å². The van der Waals surface area contributed by atoms with Crippen LogP contribution in [-0.4, -0.2) is 36.3 Å². The number of likely N-dealkylation sites (tertiary alicyclic amines) is 1. The van der Waals surface area contributed by atoms with Crippen LogP contribution < -0.4 is 5.32 Å². The number of carbonyl (C=O) groups is 2. The fourth-order valence-electron chi connectivity index (χ4n) is 3.37. The largest absolute Gasteiger partial charge is 0.356 e. The molecule has 3 rings (SSSR count). The molecule has 28 heavy (non-hydrogen) atoms. The first-order valence-electron chi connectivity index (χ1n) is 9.66. The van der Waals surface area contributed by atoms with Gasteiger partial charge in [0.25, 0.3) is 0 Å². The summed E-state index contributed by atoms with van der Waals surface area (Å²) in [6, 6.07) is 17.4. The summed E-state index contributed by atoms with van der Waals surface area (Å²) in [7, 11) is 0. The van der Waals surface area contributed by atoms with Gasteiger partial charge in [-0.05, 0) is 48.6 Å². The fourth-order valence-corrected chi connectivity index (χ4v) is 3.58. The molecule has 0 bridgehead atoms. The molecule has 2 aromatic carbocycles. The van der Waals surface area contributed by atoms with Crippen molar-refractivity contribution in [3.05, 3.63) is 76.8 Å². The van der Waals surface area contributed by atoms with Gasteiger partial charge in [-0.1, -0.05) is 54.1 Å². The summed E-state index contributed by atoms with van der Waals surface area (Å²) in [5.74, 6) is 0.0548. The lowest BCUT2D eigenvalue weighted by atomic mass is 9.95. The highest BCUT2D eigenvalue weighted by atomic mass is 35.5. The number of hydrogen-bond acceptors (Lipinski definition) is 2. The summed E-state index contributed by atoms with van der Waals surface area (Å²) < 4.78 is 0. The maximum atomic E-state index is 12.4. The zero-order valence-corrected chi connectivity index (χ0v) is 16.6. The Morgan fingerprint density at radius 2 is 1.82 bits per heavy atom. The normalized spacial score (nSPS) is 15.0. The molecule has 1 aliphatic rings. The minimum Gasteiger partial charge on any atom is -0.356 e. The standard InChI is InChI=1S/C23H25ClN2O2/c24-21-8-4-7-19(17-21)11-14-25-23(28)20-12-15-26(16-13-20)22(27)10-9-18-5-2-1-3-6-18/h1-10,17,20H,11-16H2,(H,25,28)/b10-9+. The van der Waals surface area contributed by atoms with E-state index >= 15 is 0 Å². The Hall–Kier alpha value is -2.59. The molecule has 1 heterocycles. The third kappa shape index (κ3) is 5.96. The van der Waals surface area contributed by atoms with E-state index in [-0.39, 0.29) is 17.7 Å². The average molecular weight is 397 g/mol. The predicted molar refractivity (Wildman–Crippen MR) is 113 cm³/mol. The van der Waals surface area contributed by atoms with Crippen LogP contribution in [0, 0.1) is 5.92 Å². The molecule has 146 valence electrons. The number of halogens is 1. The summed E-state index contributed by atoms with van der Waals surface area (Å²) in [5.41, 5.74) is 2.11. The molecular weight excluding hydrogens is 372 g/mol. The van der Waals surface area contributed by atoms with Crippen molar-refractivity contribution < 1.29 is 9.59 Å². The number of nitrogens with zero attached hydrogens (tertiary/aromatic N) is 1. The second-order valence-electron chi connectivity index (χ2n) is 7.01. The zero-order chi connectivity index (χ0) is 19.8. The highest BCUT2D eigenvalue weighted by Crippen LogP contribution is 2.18. The van der Waals surface area contributed by atoms with Crippen LogP contribution in [0.25, 0.3) is 6.08 Å². The number of piperidine rings is 1. The van der Waals surface area contributed by atoms with Crippen molar-refractivity contribution in [3.8, 4) is 0 Å². The van der Waals surface area contributed by atoms with Crippen LogP contribution in [0.2, 0.25) is 5.02 Å². The number of hydrogen-bond donors (Lipinski definition) is 1. The number of amides is 2. The maximum absolute atomic E-state index is 12.4. The lowest BCUT2D eigenvalue weighted by Gasteiger charge is -2.30. The van der Waals surface area contributed by atoms with Crippen LogP contribution in [0.3, 0.4) is 0 Å². The van der Waals surface area contributed by atoms with E-state index in [1.54, 1.807) is 6.08 Å². The minimum atomic E-state index is -0.0264. The molecule has 2 aromatic rings. The van der Waals surface area contributed by atoms with Crippen LogP contribution >= 0.6 is 11.6 Å². The highest BCUT2D eigenvalue weighted by Gasteiger charge is 2.26. The van der Waals surface area contributed by atoms with Crippen LogP contribution in [-0.2, 0) is 16.0 Å². The lowest BCUT2D eigenvalue weighted by Crippen LogP contribution is -2.42. The first kappa shape index (κ1) is 20.2. The first-order chi connectivity index (χ1) is 13.6. The second-order valence-corrected chi connectivity index (χ2v) is 7.45. The third-order valence-electron chi connectivity index (χ3n) is 5.00. The van der Waals surface area contributed by atoms with E-state index in [1.165, 1.54) is 0 Å². The molecule has 1 N–H and O–H groups in total. The number of benzene rings is 2. The molecule has 0 spiro atoms. The molecule has 1 fully saturated rings. The van der Waals surface area contributed by atoms with Gasteiger partial charge < -0.3 is 10.2 Å². The molecule has 0 unspecified atom stereocenters. The van der Waals surface area contributed by atoms with E-state index in [1.807, 2.05) is 65.6 Å². The number of nitrogens with one attached hydrogen (secondary N) is 1. The topological polar surface area (TPSA) is 49.4 Å². The predicted octanol–water partition coefficient (Wildman–Crippen LogP) is 3.95. The Kier molecular flexibility index (Phi) is 7.26. The van der Waals surface area contributed by atoms with Crippen LogP contribution in [0.4, 0.5) is 0 Å². The van der Waals surface area contributed by atoms with Crippen LogP contribution in [0.1, 0.15) is 24.0 Å². The van der Waals surface area contributed by atoms with Crippen molar-refractivity contribution in [2.24, 2.45) is 5.92 Å². The van der Waals surface area contributed by atoms with Gasteiger partial charge in [0.05, 0.1) is 0 Å². The quantitative estimate of drug-likeness (QED) is 0.751. The van der Waals surface area contributed by atoms with Gasteiger partial charge in [-0.3, -0.25) is 9.59 Å². The zero-order valence-electron chi connectivity index (χ0n) is 15.8. The summed E-state index contributed by atoms with van der Waals surface area (Å²) in [5, 5.41) is 3.72. The molecule has 0 saturated carbocycles. The smallest absolute Gasteiger partial charge is 0.246 e. The van der Waals surface area contributed by atoms with Crippen molar-refractivity contribution in [1.82, 2.24) is 10.2 Å². The summed E-state index contributed by atoms with van der Waals surface area (Å²) in [4.78, 5) is 26.5. The van der Waals surface area contributed by atoms with Crippen LogP contribution in [0.15, 0.2) is 60.7 Å². The van der Waals surface area contributed by atoms with Gasteiger partial charge in [0.2, 0.25) is 11.8 Å². The van der Waals surface area contributed by atoms with Crippen molar-refractivity contribution in [3.63, 3.8) is 0 Å².